The zero-order valence-electron chi connectivity index (χ0n) is 12.1. The molecule has 2 rings (SSSR count). The number of nitrogen functional groups attached to an aromatic ring is 1. The first-order chi connectivity index (χ1) is 9.72. The summed E-state index contributed by atoms with van der Waals surface area (Å²) in [6.45, 7) is 4.94. The van der Waals surface area contributed by atoms with Crippen LogP contribution >= 0.6 is 0 Å². The van der Waals surface area contributed by atoms with Crippen LogP contribution in [0.3, 0.4) is 0 Å². The van der Waals surface area contributed by atoms with E-state index in [1.807, 2.05) is 24.3 Å². The molecule has 0 aliphatic heterocycles. The number of nitrogens with two attached hydrogens (primary N) is 1. The van der Waals surface area contributed by atoms with Gasteiger partial charge in [0.1, 0.15) is 5.75 Å². The summed E-state index contributed by atoms with van der Waals surface area (Å²) in [5.41, 5.74) is 9.99. The van der Waals surface area contributed by atoms with Gasteiger partial charge in [-0.3, -0.25) is 0 Å². The number of benzene rings is 2. The standard InChI is InChI=1S/C17H22N2O/c1-3-9-20-16-11-14(18)10-15(12-16)19-17-8-6-5-7-13(17)4-2/h5-8,10-12,19H,3-4,9,18H2,1-2H3. The van der Waals surface area contributed by atoms with Crippen molar-refractivity contribution >= 4 is 17.1 Å². The molecule has 0 radical (unpaired) electrons. The second-order valence-electron chi connectivity index (χ2n) is 4.77. The maximum absolute atomic E-state index is 5.94. The van der Waals surface area contributed by atoms with E-state index in [1.54, 1.807) is 0 Å². The molecule has 0 aromatic heterocycles. The molecule has 0 saturated heterocycles. The Balaban J connectivity index is 2.22. The summed E-state index contributed by atoms with van der Waals surface area (Å²) >= 11 is 0. The Bertz CT molecular complexity index is 567. The van der Waals surface area contributed by atoms with Gasteiger partial charge in [-0.15, -0.1) is 0 Å². The number of para-hydroxylation sites is 1. The molecule has 20 heavy (non-hydrogen) atoms. The first-order valence-electron chi connectivity index (χ1n) is 7.11. The lowest BCUT2D eigenvalue weighted by molar-refractivity contribution is 0.318. The van der Waals surface area contributed by atoms with Crippen LogP contribution in [0.5, 0.6) is 5.75 Å². The highest BCUT2D eigenvalue weighted by Crippen LogP contribution is 2.27. The summed E-state index contributed by atoms with van der Waals surface area (Å²) in [7, 11) is 0. The van der Waals surface area contributed by atoms with Crippen molar-refractivity contribution in [3.8, 4) is 5.75 Å². The van der Waals surface area contributed by atoms with Crippen molar-refractivity contribution in [2.45, 2.75) is 26.7 Å². The minimum absolute atomic E-state index is 0.703. The molecule has 0 heterocycles. The number of ether oxygens (including phenoxy) is 1. The highest BCUT2D eigenvalue weighted by atomic mass is 16.5. The summed E-state index contributed by atoms with van der Waals surface area (Å²) in [5, 5.41) is 3.42. The lowest BCUT2D eigenvalue weighted by Crippen LogP contribution is -1.99. The van der Waals surface area contributed by atoms with Crippen LogP contribution in [-0.2, 0) is 6.42 Å². The van der Waals surface area contributed by atoms with Gasteiger partial charge in [-0.05, 0) is 30.5 Å². The molecule has 0 amide bonds. The Labute approximate surface area is 120 Å². The van der Waals surface area contributed by atoms with Gasteiger partial charge < -0.3 is 15.8 Å². The van der Waals surface area contributed by atoms with Crippen molar-refractivity contribution in [1.29, 1.82) is 0 Å². The average molecular weight is 270 g/mol. The third kappa shape index (κ3) is 3.67. The van der Waals surface area contributed by atoms with Crippen molar-refractivity contribution in [2.24, 2.45) is 0 Å². The zero-order valence-corrected chi connectivity index (χ0v) is 12.1. The van der Waals surface area contributed by atoms with Gasteiger partial charge >= 0.3 is 0 Å². The summed E-state index contributed by atoms with van der Waals surface area (Å²) in [4.78, 5) is 0. The summed E-state index contributed by atoms with van der Waals surface area (Å²) in [6, 6.07) is 14.1. The highest BCUT2D eigenvalue weighted by molar-refractivity contribution is 5.68. The van der Waals surface area contributed by atoms with E-state index in [-0.39, 0.29) is 0 Å². The number of aryl methyl sites for hydroxylation is 1. The minimum atomic E-state index is 0.703. The second kappa shape index (κ2) is 6.85. The normalized spacial score (nSPS) is 10.3. The van der Waals surface area contributed by atoms with Crippen molar-refractivity contribution in [2.75, 3.05) is 17.7 Å². The molecular weight excluding hydrogens is 248 g/mol. The van der Waals surface area contributed by atoms with Gasteiger partial charge in [0.2, 0.25) is 0 Å². The summed E-state index contributed by atoms with van der Waals surface area (Å²) < 4.78 is 5.65. The molecule has 2 aromatic rings. The van der Waals surface area contributed by atoms with Crippen LogP contribution in [0.2, 0.25) is 0 Å². The third-order valence-corrected chi connectivity index (χ3v) is 3.08. The van der Waals surface area contributed by atoms with Crippen LogP contribution < -0.4 is 15.8 Å². The Morgan fingerprint density at radius 3 is 2.65 bits per heavy atom. The van der Waals surface area contributed by atoms with E-state index >= 15 is 0 Å². The molecule has 3 N–H and O–H groups in total. The van der Waals surface area contributed by atoms with Crippen LogP contribution in [-0.4, -0.2) is 6.61 Å². The molecule has 0 unspecified atom stereocenters. The Morgan fingerprint density at radius 1 is 1.10 bits per heavy atom. The molecule has 0 atom stereocenters. The fourth-order valence-electron chi connectivity index (χ4n) is 2.10. The molecule has 106 valence electrons. The van der Waals surface area contributed by atoms with E-state index in [4.69, 9.17) is 10.5 Å². The monoisotopic (exact) mass is 270 g/mol. The zero-order chi connectivity index (χ0) is 14.4. The fraction of sp³-hybridized carbons (Fsp3) is 0.294. The lowest BCUT2D eigenvalue weighted by atomic mass is 10.1. The van der Waals surface area contributed by atoms with Gasteiger partial charge in [-0.2, -0.15) is 0 Å². The van der Waals surface area contributed by atoms with Crippen LogP contribution in [0.15, 0.2) is 42.5 Å². The van der Waals surface area contributed by atoms with E-state index in [9.17, 15) is 0 Å². The molecule has 0 saturated carbocycles. The minimum Gasteiger partial charge on any atom is -0.493 e. The predicted octanol–water partition coefficient (Wildman–Crippen LogP) is 4.36. The molecule has 0 bridgehead atoms. The van der Waals surface area contributed by atoms with E-state index in [0.29, 0.717) is 12.3 Å². The van der Waals surface area contributed by atoms with Crippen molar-refractivity contribution < 1.29 is 4.74 Å². The topological polar surface area (TPSA) is 47.3 Å². The largest absolute Gasteiger partial charge is 0.493 e. The molecular formula is C17H22N2O. The number of nitrogens with one attached hydrogen (secondary N) is 1. The number of rotatable bonds is 6. The van der Waals surface area contributed by atoms with Crippen LogP contribution in [0, 0.1) is 0 Å². The molecule has 2 aromatic carbocycles. The van der Waals surface area contributed by atoms with E-state index in [1.165, 1.54) is 5.56 Å². The summed E-state index contributed by atoms with van der Waals surface area (Å²) in [6.07, 6.45) is 1.97. The van der Waals surface area contributed by atoms with Gasteiger partial charge in [0.05, 0.1) is 6.61 Å². The smallest absolute Gasteiger partial charge is 0.123 e. The molecule has 0 fully saturated rings. The van der Waals surface area contributed by atoms with E-state index < -0.39 is 0 Å². The maximum Gasteiger partial charge on any atom is 0.123 e. The Morgan fingerprint density at radius 2 is 1.90 bits per heavy atom. The predicted molar refractivity (Wildman–Crippen MR) is 85.7 cm³/mol. The number of hydrogen-bond acceptors (Lipinski definition) is 3. The SMILES string of the molecule is CCCOc1cc(N)cc(Nc2ccccc2CC)c1. The molecule has 0 aliphatic carbocycles. The van der Waals surface area contributed by atoms with Gasteiger partial charge in [0.25, 0.3) is 0 Å². The van der Waals surface area contributed by atoms with Crippen LogP contribution in [0.4, 0.5) is 17.1 Å². The van der Waals surface area contributed by atoms with Gasteiger partial charge in [0, 0.05) is 29.2 Å². The van der Waals surface area contributed by atoms with Crippen molar-refractivity contribution in [1.82, 2.24) is 0 Å². The fourth-order valence-corrected chi connectivity index (χ4v) is 2.10. The quantitative estimate of drug-likeness (QED) is 0.766. The van der Waals surface area contributed by atoms with Gasteiger partial charge in [-0.1, -0.05) is 32.0 Å². The number of hydrogen-bond donors (Lipinski definition) is 2. The maximum atomic E-state index is 5.94. The van der Waals surface area contributed by atoms with E-state index in [0.717, 1.165) is 30.0 Å². The highest BCUT2D eigenvalue weighted by Gasteiger charge is 2.03. The van der Waals surface area contributed by atoms with Crippen LogP contribution in [0.1, 0.15) is 25.8 Å². The van der Waals surface area contributed by atoms with Gasteiger partial charge in [-0.25, -0.2) is 0 Å². The van der Waals surface area contributed by atoms with Crippen LogP contribution in [0.25, 0.3) is 0 Å². The molecule has 0 aliphatic rings. The second-order valence-corrected chi connectivity index (χ2v) is 4.77. The average Bonchev–Trinajstić information content (AvgIpc) is 2.45. The van der Waals surface area contributed by atoms with Crippen molar-refractivity contribution in [3.63, 3.8) is 0 Å². The van der Waals surface area contributed by atoms with Gasteiger partial charge in [0.15, 0.2) is 0 Å². The van der Waals surface area contributed by atoms with Crippen molar-refractivity contribution in [3.05, 3.63) is 48.0 Å². The Kier molecular flexibility index (Phi) is 4.88. The Hall–Kier alpha value is -2.16. The molecule has 3 nitrogen and oxygen atoms in total. The lowest BCUT2D eigenvalue weighted by Gasteiger charge is -2.13. The molecule has 0 spiro atoms. The number of anilines is 3. The third-order valence-electron chi connectivity index (χ3n) is 3.08. The van der Waals surface area contributed by atoms with E-state index in [2.05, 4.69) is 37.4 Å². The molecule has 3 heteroatoms. The summed E-state index contributed by atoms with van der Waals surface area (Å²) in [5.74, 6) is 0.809. The first kappa shape index (κ1) is 14.3. The first-order valence-corrected chi connectivity index (χ1v) is 7.11.